The molecule has 1 fully saturated rings. The van der Waals surface area contributed by atoms with Crippen LogP contribution in [0.1, 0.15) is 45.1 Å². The summed E-state index contributed by atoms with van der Waals surface area (Å²) in [4.78, 5) is 34.3. The van der Waals surface area contributed by atoms with Crippen LogP contribution in [0, 0.1) is 0 Å². The van der Waals surface area contributed by atoms with Crippen molar-refractivity contribution >= 4 is 11.8 Å². The number of rotatable bonds is 3. The molecule has 1 aliphatic carbocycles. The third-order valence-corrected chi connectivity index (χ3v) is 4.18. The van der Waals surface area contributed by atoms with Gasteiger partial charge in [-0.1, -0.05) is 0 Å². The van der Waals surface area contributed by atoms with Crippen LogP contribution < -0.4 is 5.32 Å². The van der Waals surface area contributed by atoms with Crippen LogP contribution >= 0.6 is 0 Å². The van der Waals surface area contributed by atoms with Crippen molar-refractivity contribution in [1.82, 2.24) is 30.0 Å². The lowest BCUT2D eigenvalue weighted by molar-refractivity contribution is 0.0739. The molecule has 8 nitrogen and oxygen atoms in total. The van der Waals surface area contributed by atoms with E-state index in [0.717, 1.165) is 24.1 Å². The minimum Gasteiger partial charge on any atom is -0.348 e. The van der Waals surface area contributed by atoms with Crippen LogP contribution in [0.4, 0.5) is 0 Å². The molecule has 0 bridgehead atoms. The minimum atomic E-state index is -0.169. The number of nitrogens with one attached hydrogen (secondary N) is 1. The fourth-order valence-electron chi connectivity index (χ4n) is 2.78. The molecule has 1 N–H and O–H groups in total. The molecule has 8 heteroatoms. The van der Waals surface area contributed by atoms with E-state index in [1.807, 2.05) is 0 Å². The van der Waals surface area contributed by atoms with Crippen LogP contribution in [0.3, 0.4) is 0 Å². The van der Waals surface area contributed by atoms with E-state index in [0.29, 0.717) is 24.5 Å². The van der Waals surface area contributed by atoms with Crippen molar-refractivity contribution in [1.29, 1.82) is 0 Å². The highest BCUT2D eigenvalue weighted by molar-refractivity contribution is 5.96. The first-order valence-corrected chi connectivity index (χ1v) is 7.54. The van der Waals surface area contributed by atoms with Gasteiger partial charge in [-0.15, -0.1) is 0 Å². The highest BCUT2D eigenvalue weighted by Gasteiger charge is 2.34. The Morgan fingerprint density at radius 1 is 1.30 bits per heavy atom. The quantitative estimate of drug-likeness (QED) is 0.877. The van der Waals surface area contributed by atoms with E-state index in [1.165, 1.54) is 6.33 Å². The molecule has 0 unspecified atom stereocenters. The zero-order chi connectivity index (χ0) is 16.0. The summed E-state index contributed by atoms with van der Waals surface area (Å²) in [6, 6.07) is 1.87. The van der Waals surface area contributed by atoms with Crippen molar-refractivity contribution in [3.8, 4) is 0 Å². The average molecular weight is 312 g/mol. The lowest BCUT2D eigenvalue weighted by Crippen LogP contribution is -2.29. The Morgan fingerprint density at radius 2 is 2.13 bits per heavy atom. The molecule has 0 spiro atoms. The number of aryl methyl sites for hydroxylation is 1. The molecule has 0 aromatic carbocycles. The van der Waals surface area contributed by atoms with Gasteiger partial charge in [-0.05, 0) is 18.9 Å². The minimum absolute atomic E-state index is 0.152. The number of amides is 2. The summed E-state index contributed by atoms with van der Waals surface area (Å²) >= 11 is 0. The Labute approximate surface area is 132 Å². The monoisotopic (exact) mass is 312 g/mol. The van der Waals surface area contributed by atoms with Crippen LogP contribution in [0.2, 0.25) is 0 Å². The second kappa shape index (κ2) is 5.15. The second-order valence-corrected chi connectivity index (χ2v) is 5.90. The van der Waals surface area contributed by atoms with Gasteiger partial charge in [0, 0.05) is 24.8 Å². The predicted molar refractivity (Wildman–Crippen MR) is 79.3 cm³/mol. The van der Waals surface area contributed by atoms with Gasteiger partial charge in [-0.25, -0.2) is 9.97 Å². The number of hydrogen-bond donors (Lipinski definition) is 1. The molecular formula is C15H16N6O2. The number of carbonyl (C=O) groups is 2. The summed E-state index contributed by atoms with van der Waals surface area (Å²) in [5.41, 5.74) is 2.50. The van der Waals surface area contributed by atoms with E-state index < -0.39 is 0 Å². The molecule has 0 radical (unpaired) electrons. The lowest BCUT2D eigenvalue weighted by atomic mass is 10.2. The Kier molecular flexibility index (Phi) is 3.10. The maximum absolute atomic E-state index is 12.5. The van der Waals surface area contributed by atoms with Crippen LogP contribution in [0.15, 0.2) is 18.6 Å². The smallest absolute Gasteiger partial charge is 0.273 e. The molecule has 0 atom stereocenters. The van der Waals surface area contributed by atoms with Crippen LogP contribution in [0.25, 0.3) is 0 Å². The predicted octanol–water partition coefficient (Wildman–Crippen LogP) is 0.258. The van der Waals surface area contributed by atoms with Gasteiger partial charge in [-0.3, -0.25) is 14.3 Å². The average Bonchev–Trinajstić information content (AvgIpc) is 3.17. The van der Waals surface area contributed by atoms with Crippen molar-refractivity contribution in [3.63, 3.8) is 0 Å². The normalized spacial score (nSPS) is 16.3. The summed E-state index contributed by atoms with van der Waals surface area (Å²) in [6.07, 6.45) is 4.95. The van der Waals surface area contributed by atoms with Crippen LogP contribution in [-0.4, -0.2) is 42.5 Å². The highest BCUT2D eigenvalue weighted by Crippen LogP contribution is 2.27. The van der Waals surface area contributed by atoms with Crippen molar-refractivity contribution < 1.29 is 9.59 Å². The van der Waals surface area contributed by atoms with Gasteiger partial charge >= 0.3 is 0 Å². The van der Waals surface area contributed by atoms with Crippen molar-refractivity contribution in [2.45, 2.75) is 32.0 Å². The third-order valence-electron chi connectivity index (χ3n) is 4.18. The molecule has 118 valence electrons. The summed E-state index contributed by atoms with van der Waals surface area (Å²) in [6.45, 7) is 0.803. The topological polar surface area (TPSA) is 93.0 Å². The first-order valence-electron chi connectivity index (χ1n) is 7.54. The molecule has 2 amide bonds. The van der Waals surface area contributed by atoms with E-state index in [1.54, 1.807) is 28.9 Å². The number of fused-ring (bicyclic) bond motifs is 1. The Balaban J connectivity index is 1.57. The fourth-order valence-corrected chi connectivity index (χ4v) is 2.78. The molecule has 2 aromatic heterocycles. The van der Waals surface area contributed by atoms with E-state index in [4.69, 9.17) is 0 Å². The van der Waals surface area contributed by atoms with Gasteiger partial charge in [0.15, 0.2) is 5.69 Å². The maximum Gasteiger partial charge on any atom is 0.273 e. The van der Waals surface area contributed by atoms with Gasteiger partial charge in [0.05, 0.1) is 18.8 Å². The Bertz CT molecular complexity index is 781. The molecule has 1 aliphatic heterocycles. The molecular weight excluding hydrogens is 296 g/mol. The first kappa shape index (κ1) is 13.9. The molecule has 3 heterocycles. The molecule has 4 rings (SSSR count). The van der Waals surface area contributed by atoms with Crippen molar-refractivity contribution in [2.24, 2.45) is 7.05 Å². The number of carbonyl (C=O) groups excluding carboxylic acids is 2. The second-order valence-electron chi connectivity index (χ2n) is 5.90. The van der Waals surface area contributed by atoms with Gasteiger partial charge in [0.1, 0.15) is 12.0 Å². The molecule has 2 aliphatic rings. The molecule has 1 saturated carbocycles. The summed E-state index contributed by atoms with van der Waals surface area (Å²) in [5, 5.41) is 7.27. The van der Waals surface area contributed by atoms with Gasteiger partial charge in [0.25, 0.3) is 11.8 Å². The largest absolute Gasteiger partial charge is 0.348 e. The number of hydrogen-bond acceptors (Lipinski definition) is 5. The van der Waals surface area contributed by atoms with Crippen LogP contribution in [0.5, 0.6) is 0 Å². The Morgan fingerprint density at radius 3 is 2.83 bits per heavy atom. The number of aromatic nitrogens is 4. The van der Waals surface area contributed by atoms with Gasteiger partial charge < -0.3 is 10.2 Å². The summed E-state index contributed by atoms with van der Waals surface area (Å²) < 4.78 is 1.68. The van der Waals surface area contributed by atoms with Gasteiger partial charge in [-0.2, -0.15) is 5.10 Å². The van der Waals surface area contributed by atoms with Crippen molar-refractivity contribution in [3.05, 3.63) is 41.2 Å². The molecule has 0 saturated heterocycles. The first-order chi connectivity index (χ1) is 11.1. The number of nitrogens with zero attached hydrogens (tertiary/aromatic N) is 5. The highest BCUT2D eigenvalue weighted by atomic mass is 16.2. The zero-order valence-corrected chi connectivity index (χ0v) is 12.7. The van der Waals surface area contributed by atoms with E-state index in [-0.39, 0.29) is 17.9 Å². The van der Waals surface area contributed by atoms with E-state index in [2.05, 4.69) is 20.4 Å². The summed E-state index contributed by atoms with van der Waals surface area (Å²) in [5.74, 6) is -0.321. The third kappa shape index (κ3) is 2.45. The zero-order valence-electron chi connectivity index (χ0n) is 12.7. The maximum atomic E-state index is 12.5. The van der Waals surface area contributed by atoms with Crippen LogP contribution in [-0.2, 0) is 20.1 Å². The van der Waals surface area contributed by atoms with Crippen molar-refractivity contribution in [2.75, 3.05) is 0 Å². The van der Waals surface area contributed by atoms with E-state index in [9.17, 15) is 9.59 Å². The standard InChI is InChI=1S/C15H16N6O2/c1-20-12-7-21(15(23)11-4-5-16-8-17-11)6-10(12)13(19-20)14(22)18-9-2-3-9/h4-5,8-9H,2-3,6-7H2,1H3,(H,18,22). The lowest BCUT2D eigenvalue weighted by Gasteiger charge is -2.15. The van der Waals surface area contributed by atoms with Gasteiger partial charge in [0.2, 0.25) is 0 Å². The fraction of sp³-hybridized carbons (Fsp3) is 0.400. The SMILES string of the molecule is Cn1nc(C(=O)NC2CC2)c2c1CN(C(=O)c1ccncn1)C2. The molecule has 23 heavy (non-hydrogen) atoms. The summed E-state index contributed by atoms with van der Waals surface area (Å²) in [7, 11) is 1.80. The van der Waals surface area contributed by atoms with E-state index >= 15 is 0 Å². The Hall–Kier alpha value is -2.77. The molecule has 2 aromatic rings.